The van der Waals surface area contributed by atoms with Crippen LogP contribution in [0.1, 0.15) is 169 Å². The lowest BCUT2D eigenvalue weighted by molar-refractivity contribution is -0.792. The fourth-order valence-electron chi connectivity index (χ4n) is 11.0. The summed E-state index contributed by atoms with van der Waals surface area (Å²) in [5.74, 6) is 100. The highest BCUT2D eigenvalue weighted by Crippen LogP contribution is 2.39. The minimum atomic E-state index is -2.51. The van der Waals surface area contributed by atoms with Crippen LogP contribution >= 0.6 is 0 Å². The number of allylic oxidation sites excluding steroid dienone is 5. The Morgan fingerprint density at radius 2 is 0.949 bits per heavy atom. The maximum absolute atomic E-state index is 14.4. The van der Waals surface area contributed by atoms with Gasteiger partial charge in [-0.3, -0.25) is 14.4 Å². The molecule has 0 aromatic carbocycles. The molecule has 0 aromatic heterocycles. The highest BCUT2D eigenvalue weighted by atomic mass is 17.9. The van der Waals surface area contributed by atoms with Crippen molar-refractivity contribution < 1.29 is 169 Å². The van der Waals surface area contributed by atoms with E-state index in [-0.39, 0.29) is 99.5 Å². The number of methoxy groups -OCH3 is 3. The molecule has 3 aliphatic heterocycles. The van der Waals surface area contributed by atoms with Crippen molar-refractivity contribution >= 4 is 23.4 Å². The van der Waals surface area contributed by atoms with Gasteiger partial charge in [0.2, 0.25) is 5.79 Å². The number of piperidine rings is 1. The molecule has 1 aliphatic carbocycles. The lowest BCUT2D eigenvalue weighted by Gasteiger charge is -2.47. The van der Waals surface area contributed by atoms with Crippen LogP contribution in [0.15, 0.2) is 34.9 Å². The van der Waals surface area contributed by atoms with Gasteiger partial charge in [0.1, 0.15) is 24.0 Å². The van der Waals surface area contributed by atoms with E-state index >= 15 is 0 Å². The van der Waals surface area contributed by atoms with E-state index in [4.69, 9.17) is 47.0 Å². The van der Waals surface area contributed by atoms with Crippen LogP contribution in [0.2, 0.25) is 0 Å². The molecule has 3 fully saturated rings. The molecule has 0 radical (unpaired) electrons. The molecule has 0 unspecified atom stereocenters. The first-order valence-electron chi connectivity index (χ1n) is 35.2. The molecule has 1 amide bonds. The number of rotatable bonds is 17. The fraction of sp³-hybridized carbons (Fsp3) is 0.391. The Labute approximate surface area is 741 Å². The number of ether oxygens (including phenoxy) is 5. The summed E-state index contributed by atoms with van der Waals surface area (Å²) in [6.07, 6.45) is 15.4. The highest BCUT2D eigenvalue weighted by molar-refractivity contribution is 6.39. The number of fused-ring (bicyclic) bond motifs is 3. The van der Waals surface area contributed by atoms with Crippen LogP contribution < -0.4 is 5.64 Å². The Bertz CT molecular complexity index is 5080. The van der Waals surface area contributed by atoms with E-state index in [2.05, 4.69) is 318 Å². The van der Waals surface area contributed by atoms with E-state index < -0.39 is 83.9 Å². The van der Waals surface area contributed by atoms with Crippen LogP contribution in [0, 0.1) is 303 Å². The molecule has 3 heterocycles. The molecule has 4 aliphatic rings. The second kappa shape index (κ2) is 63.9. The van der Waals surface area contributed by atoms with Crippen molar-refractivity contribution in [2.75, 3.05) is 27.9 Å². The van der Waals surface area contributed by atoms with Gasteiger partial charge in [0.25, 0.3) is 11.7 Å². The molecule has 0 aromatic rings. The number of aliphatic hydroxyl groups excluding tert-OH is 2. The summed E-state index contributed by atoms with van der Waals surface area (Å²) < 4.78 is 29.9. The molecule has 26 nitrogen and oxygen atoms in total. The van der Waals surface area contributed by atoms with Crippen molar-refractivity contribution in [3.8, 4) is 273 Å². The van der Waals surface area contributed by atoms with Crippen LogP contribution in [0.5, 0.6) is 0 Å². The summed E-state index contributed by atoms with van der Waals surface area (Å²) in [5.41, 5.74) is 4.08. The van der Waals surface area contributed by atoms with Gasteiger partial charge in [-0.1, -0.05) is 60.1 Å². The number of carbonyl (C=O) groups excluding carboxylic acids is 4. The number of hydrogen-bond acceptors (Lipinski definition) is 25. The topological polar surface area (TPSA) is 323 Å². The van der Waals surface area contributed by atoms with Crippen molar-refractivity contribution in [2.45, 2.75) is 174 Å². The predicted molar refractivity (Wildman–Crippen MR) is 496 cm³/mol. The summed E-state index contributed by atoms with van der Waals surface area (Å²) in [7, 11) is 4.63. The molecule has 14 atom stereocenters. The molecule has 0 spiro atoms. The number of esters is 1. The van der Waals surface area contributed by atoms with Crippen molar-refractivity contribution in [3.05, 3.63) is 34.9 Å². The van der Waals surface area contributed by atoms with Gasteiger partial charge in [-0.2, -0.15) is 0 Å². The van der Waals surface area contributed by atoms with Gasteiger partial charge in [0, 0.05) is 268 Å². The van der Waals surface area contributed by atoms with Crippen LogP contribution in [0.3, 0.4) is 0 Å². The standard InChI is InChI=1S/C46H73NO12.C46H2.H3NO12.35H2/c1-26(2)14-16-33-20-27(3)19-28(4)21-39(56-9)42-40(57-10)23-30(6)46(54,59-42)43(51)44(52)47-18-12-11-13-34(47)45(53)58-41(31(7)36(49)25-37(33)50)29(5)22-32-15-17-35(48)38(24-32)55-8;1-3-5-7-9-11-13-15-17-19-21-23-25-27-29-31-33-35-37-39-41-43-45-46-44-42-40-38-36-34-32-30-28-26-24-22-20-18-16-14-12-10-8-6-4-2;2-6-10-12-8-4-1-5-9-13-11-7-3;;;;;;;;;;;;;;;;;;;;;;;;;;;;;;;;;;;/h14,20,22,28,30-36,38-42,48-49,54H,11-13,15-19,21,23-25H2,1-10H3;1-2H;1-3H;35*1H/b27-20+,29-22+;;;;;;;;;;;;;;;;;;;;;;;;;;;;;;;;;;;;;/t28-,30+,31+,32-,33+,34-,35+,36-,38+,39-,40-,41+,42+,46+;;;;;;;;;;;;;;;;;;;;;;;;;;;;;;;;;;;;;/m0...................................../s1. The molecule has 1 saturated carbocycles. The number of aliphatic hydroxyl groups is 3. The van der Waals surface area contributed by atoms with E-state index in [1.165, 1.54) is 24.8 Å². The molecular weight excluding hydrogens is 1520 g/mol. The minimum absolute atomic E-state index is 0. The van der Waals surface area contributed by atoms with E-state index in [1.807, 2.05) is 45.9 Å². The van der Waals surface area contributed by atoms with Crippen LogP contribution in [-0.4, -0.2) is 137 Å². The third kappa shape index (κ3) is 43.7. The zero-order chi connectivity index (χ0) is 86.7. The SMILES string of the molecule is C#CC#CC#CC#CC#CC#CC#CC#CC#CC#CC#CC#CC#CC#CC#CC#CC#CC#CC#CC#CC#CC#CC#C.CO[C@H]1C[C@@H](C)C/C(C)=C/[C@@H](CC=C(C)C)C(=O)C[C@H](O)[C@@H](C)[C@@H](/C(C)=C/[C@@H]2CC[C@@H](O)[C@H](OC)C2)OC(=O)[C@@H]2CCCCN2C(=O)C(=O)[C@]2(O)O[C@H]1[C@@H](OC)C[C@H]2C.OOOOOONOOOOOO.[HH].[HH].[HH].[HH].[HH].[HH].[HH].[HH].[HH].[HH].[HH].[HH].[HH].[HH].[HH].[HH].[HH].[HH].[HH].[HH].[HH].[HH].[HH].[HH].[HH].[HH].[HH].[HH].[HH].[HH].[HH].[HH].[HH].[HH].[HH]. The maximum atomic E-state index is 14.4. The number of cyclic esters (lactones) is 1. The number of terminal acetylenes is 2. The largest absolute Gasteiger partial charge is 0.456 e. The van der Waals surface area contributed by atoms with Crippen LogP contribution in [-0.2, 0) is 93.1 Å². The highest BCUT2D eigenvalue weighted by Gasteiger charge is 2.57. The predicted octanol–water partition coefficient (Wildman–Crippen LogP) is 13.2. The Morgan fingerprint density at radius 3 is 1.34 bits per heavy atom. The normalized spacial score (nSPS) is 22.7. The number of nitrogens with zero attached hydrogens (tertiary/aromatic N) is 1. The summed E-state index contributed by atoms with van der Waals surface area (Å²) in [6, 6.07) is -1.14. The Balaban J connectivity index is -0.0000000434. The van der Waals surface area contributed by atoms with E-state index in [1.54, 1.807) is 21.0 Å². The third-order valence-corrected chi connectivity index (χ3v) is 16.2. The first kappa shape index (κ1) is 101. The van der Waals surface area contributed by atoms with E-state index in [0.717, 1.165) is 11.1 Å². The van der Waals surface area contributed by atoms with Gasteiger partial charge in [-0.15, -0.1) is 12.8 Å². The second-order valence-electron chi connectivity index (χ2n) is 24.6. The molecule has 2 saturated heterocycles. The summed E-state index contributed by atoms with van der Waals surface area (Å²) in [6.45, 7) is 13.3. The zero-order valence-electron chi connectivity index (χ0n) is 65.8. The minimum Gasteiger partial charge on any atom is -0.456 e. The number of ketones is 2. The van der Waals surface area contributed by atoms with Gasteiger partial charge in [-0.05, 0) is 250 Å². The number of hydrogen-bond donors (Lipinski definition) is 6. The molecule has 6 N–H and O–H groups in total. The summed E-state index contributed by atoms with van der Waals surface area (Å²) in [4.78, 5) is 65.5. The van der Waals surface area contributed by atoms with Crippen LogP contribution in [0.4, 0.5) is 0 Å². The zero-order valence-corrected chi connectivity index (χ0v) is 65.8. The third-order valence-electron chi connectivity index (χ3n) is 16.2. The van der Waals surface area contributed by atoms with Crippen molar-refractivity contribution in [2.24, 2.45) is 29.6 Å². The Hall–Kier alpha value is -13.4. The van der Waals surface area contributed by atoms with Gasteiger partial charge < -0.3 is 43.9 Å². The van der Waals surface area contributed by atoms with Crippen LogP contribution in [0.25, 0.3) is 0 Å². The van der Waals surface area contributed by atoms with Gasteiger partial charge >= 0.3 is 5.97 Å². The number of Topliss-reactive ketones (excluding diaryl/α,β-unsaturated/α-hetero) is 2. The summed E-state index contributed by atoms with van der Waals surface area (Å²) in [5, 5.41) is 75.2. The van der Waals surface area contributed by atoms with E-state index in [0.29, 0.717) is 56.9 Å². The smallest absolute Gasteiger partial charge is 0.329 e. The molecule has 2 bridgehead atoms. The van der Waals surface area contributed by atoms with Crippen molar-refractivity contribution in [3.63, 3.8) is 0 Å². The van der Waals surface area contributed by atoms with Gasteiger partial charge in [0.05, 0.1) is 30.5 Å². The summed E-state index contributed by atoms with van der Waals surface area (Å²) >= 11 is 0. The van der Waals surface area contributed by atoms with Crippen molar-refractivity contribution in [1.29, 1.82) is 0 Å². The van der Waals surface area contributed by atoms with Gasteiger partial charge in [-0.25, -0.2) is 15.3 Å². The van der Waals surface area contributed by atoms with Gasteiger partial charge in [0.15, 0.2) is 0 Å². The van der Waals surface area contributed by atoms with Crippen molar-refractivity contribution in [1.82, 2.24) is 10.5 Å². The first-order valence-corrected chi connectivity index (χ1v) is 35.2. The average molecular weight is 1670 g/mol. The first-order chi connectivity index (χ1) is 57.2. The maximum Gasteiger partial charge on any atom is 0.329 e. The molecule has 4 rings (SSSR count). The quantitative estimate of drug-likeness (QED) is 0.0150. The molecule has 26 heteroatoms. The molecular formula is C92H148N2O24. The molecule has 670 valence electrons. The molecule has 118 heavy (non-hydrogen) atoms. The number of amides is 1. The Morgan fingerprint density at radius 1 is 0.542 bits per heavy atom. The monoisotopic (exact) mass is 1670 g/mol. The number of nitrogens with one attached hydrogen (secondary N) is 1. The van der Waals surface area contributed by atoms with E-state index in [9.17, 15) is 34.5 Å². The average Bonchev–Trinajstić information content (AvgIpc) is 0.853. The second-order valence-corrected chi connectivity index (χ2v) is 24.6. The lowest BCUT2D eigenvalue weighted by atomic mass is 9.81. The Kier molecular flexibility index (Phi) is 54.5. The lowest BCUT2D eigenvalue weighted by Crippen LogP contribution is -2.64. The number of carbonyl (C=O) groups is 4. The fourth-order valence-corrected chi connectivity index (χ4v) is 11.0.